The van der Waals surface area contributed by atoms with Gasteiger partial charge in [0.15, 0.2) is 11.9 Å². The molecule has 0 radical (unpaired) electrons. The maximum absolute atomic E-state index is 13.4. The number of allylic oxidation sites excluding steroid dienone is 1. The van der Waals surface area contributed by atoms with Crippen molar-refractivity contribution in [3.8, 4) is 0 Å². The topological polar surface area (TPSA) is 88.4 Å². The number of anilines is 1. The quantitative estimate of drug-likeness (QED) is 0.565. The first-order valence-corrected chi connectivity index (χ1v) is 10.6. The molecular weight excluding hydrogens is 482 g/mol. The lowest BCUT2D eigenvalue weighted by atomic mass is 10.1. The molecule has 0 saturated heterocycles. The number of rotatable bonds is 5. The van der Waals surface area contributed by atoms with Gasteiger partial charge in [-0.2, -0.15) is 18.3 Å². The lowest BCUT2D eigenvalue weighted by molar-refractivity contribution is -0.141. The standard InChI is InChI=1S/C21H20Cl2F3N5O2/c1-10(2)28-19(32)13-8-12(22)7-11(3)17(13)29-20(33)15-9-16(21(24,25)26)30-31(15)18-14(23)5-4-6-27-18/h4-10,14,18H,1-3H3,(H,28,32)(H,29,33). The smallest absolute Gasteiger partial charge is 0.350 e. The van der Waals surface area contributed by atoms with Gasteiger partial charge in [-0.05, 0) is 44.5 Å². The van der Waals surface area contributed by atoms with Crippen LogP contribution in [0.3, 0.4) is 0 Å². The first kappa shape index (κ1) is 24.8. The van der Waals surface area contributed by atoms with Crippen LogP contribution in [0.1, 0.15) is 52.1 Å². The van der Waals surface area contributed by atoms with Gasteiger partial charge in [0.1, 0.15) is 5.69 Å². The molecule has 2 atom stereocenters. The zero-order chi connectivity index (χ0) is 24.5. The summed E-state index contributed by atoms with van der Waals surface area (Å²) in [5.41, 5.74) is -1.07. The number of benzene rings is 1. The fourth-order valence-corrected chi connectivity index (χ4v) is 3.71. The van der Waals surface area contributed by atoms with Gasteiger partial charge in [-0.1, -0.05) is 17.7 Å². The molecule has 1 aromatic carbocycles. The van der Waals surface area contributed by atoms with E-state index in [1.54, 1.807) is 26.8 Å². The van der Waals surface area contributed by atoms with Crippen molar-refractivity contribution in [2.75, 3.05) is 5.32 Å². The van der Waals surface area contributed by atoms with E-state index in [1.165, 1.54) is 24.4 Å². The van der Waals surface area contributed by atoms with Crippen LogP contribution in [-0.4, -0.2) is 39.2 Å². The molecule has 2 heterocycles. The van der Waals surface area contributed by atoms with E-state index in [2.05, 4.69) is 20.7 Å². The number of hydrogen-bond acceptors (Lipinski definition) is 4. The van der Waals surface area contributed by atoms with Gasteiger partial charge in [0.25, 0.3) is 11.8 Å². The molecule has 1 aliphatic heterocycles. The Morgan fingerprint density at radius 1 is 1.18 bits per heavy atom. The molecule has 0 saturated carbocycles. The molecule has 2 amide bonds. The lowest BCUT2D eigenvalue weighted by Gasteiger charge is -2.21. The molecule has 0 spiro atoms. The van der Waals surface area contributed by atoms with Gasteiger partial charge in [-0.3, -0.25) is 14.6 Å². The van der Waals surface area contributed by atoms with Gasteiger partial charge in [0.2, 0.25) is 0 Å². The third-order valence-electron chi connectivity index (χ3n) is 4.62. The van der Waals surface area contributed by atoms with Gasteiger partial charge in [0, 0.05) is 23.3 Å². The van der Waals surface area contributed by atoms with E-state index in [9.17, 15) is 22.8 Å². The number of alkyl halides is 4. The molecule has 12 heteroatoms. The summed E-state index contributed by atoms with van der Waals surface area (Å²) in [4.78, 5) is 29.9. The molecule has 0 aliphatic carbocycles. The second-order valence-electron chi connectivity index (χ2n) is 7.63. The van der Waals surface area contributed by atoms with Crippen LogP contribution in [0, 0.1) is 6.92 Å². The van der Waals surface area contributed by atoms with Crippen LogP contribution in [0.4, 0.5) is 18.9 Å². The Morgan fingerprint density at radius 3 is 2.48 bits per heavy atom. The van der Waals surface area contributed by atoms with Gasteiger partial charge < -0.3 is 10.6 Å². The molecule has 2 N–H and O–H groups in total. The summed E-state index contributed by atoms with van der Waals surface area (Å²) in [7, 11) is 0. The monoisotopic (exact) mass is 501 g/mol. The van der Waals surface area contributed by atoms with Crippen LogP contribution in [0.5, 0.6) is 0 Å². The number of nitrogens with zero attached hydrogens (tertiary/aromatic N) is 3. The van der Waals surface area contributed by atoms with Crippen LogP contribution in [0.25, 0.3) is 0 Å². The third kappa shape index (κ3) is 5.56. The third-order valence-corrected chi connectivity index (χ3v) is 5.21. The van der Waals surface area contributed by atoms with E-state index in [-0.39, 0.29) is 22.3 Å². The second-order valence-corrected chi connectivity index (χ2v) is 8.57. The van der Waals surface area contributed by atoms with E-state index >= 15 is 0 Å². The van der Waals surface area contributed by atoms with Crippen molar-refractivity contribution in [3.63, 3.8) is 0 Å². The number of aryl methyl sites for hydroxylation is 1. The molecule has 1 aromatic heterocycles. The maximum atomic E-state index is 13.4. The van der Waals surface area contributed by atoms with Crippen molar-refractivity contribution in [1.82, 2.24) is 15.1 Å². The minimum atomic E-state index is -4.80. The van der Waals surface area contributed by atoms with Crippen LogP contribution in [-0.2, 0) is 6.18 Å². The van der Waals surface area contributed by atoms with Gasteiger partial charge in [-0.15, -0.1) is 11.6 Å². The van der Waals surface area contributed by atoms with Gasteiger partial charge in [0.05, 0.1) is 16.6 Å². The minimum Gasteiger partial charge on any atom is -0.350 e. The number of aliphatic imine (C=N–C) groups is 1. The van der Waals surface area contributed by atoms with Crippen molar-refractivity contribution < 1.29 is 22.8 Å². The summed E-state index contributed by atoms with van der Waals surface area (Å²) in [5, 5.41) is 8.22. The van der Waals surface area contributed by atoms with Gasteiger partial charge >= 0.3 is 6.18 Å². The summed E-state index contributed by atoms with van der Waals surface area (Å²) in [6.45, 7) is 5.12. The molecule has 0 fully saturated rings. The highest BCUT2D eigenvalue weighted by Crippen LogP contribution is 2.33. The van der Waals surface area contributed by atoms with Crippen molar-refractivity contribution in [1.29, 1.82) is 0 Å². The fraction of sp³-hybridized carbons (Fsp3) is 0.333. The molecule has 1 aliphatic rings. The molecular formula is C21H20Cl2F3N5O2. The second kappa shape index (κ2) is 9.56. The largest absolute Gasteiger partial charge is 0.435 e. The number of amides is 2. The predicted octanol–water partition coefficient (Wildman–Crippen LogP) is 5.00. The summed E-state index contributed by atoms with van der Waals surface area (Å²) >= 11 is 12.3. The zero-order valence-electron chi connectivity index (χ0n) is 17.7. The molecule has 2 unspecified atom stereocenters. The Hall–Kier alpha value is -2.85. The minimum absolute atomic E-state index is 0.0676. The summed E-state index contributed by atoms with van der Waals surface area (Å²) < 4.78 is 41.0. The maximum Gasteiger partial charge on any atom is 0.435 e. The highest BCUT2D eigenvalue weighted by Gasteiger charge is 2.38. The van der Waals surface area contributed by atoms with Crippen molar-refractivity contribution >= 4 is 46.9 Å². The SMILES string of the molecule is Cc1cc(Cl)cc(C(=O)NC(C)C)c1NC(=O)c1cc(C(F)(F)F)nn1C1N=CC=CC1Cl. The van der Waals surface area contributed by atoms with Crippen LogP contribution in [0.15, 0.2) is 35.3 Å². The molecule has 7 nitrogen and oxygen atoms in total. The molecule has 0 bridgehead atoms. The fourth-order valence-electron chi connectivity index (χ4n) is 3.18. The zero-order valence-corrected chi connectivity index (χ0v) is 19.3. The van der Waals surface area contributed by atoms with E-state index in [1.807, 2.05) is 0 Å². The number of nitrogens with one attached hydrogen (secondary N) is 2. The van der Waals surface area contributed by atoms with Crippen LogP contribution in [0.2, 0.25) is 5.02 Å². The number of carbonyl (C=O) groups is 2. The highest BCUT2D eigenvalue weighted by atomic mass is 35.5. The summed E-state index contributed by atoms with van der Waals surface area (Å²) in [6, 6.07) is 3.30. The highest BCUT2D eigenvalue weighted by molar-refractivity contribution is 6.31. The first-order valence-electron chi connectivity index (χ1n) is 9.81. The van der Waals surface area contributed by atoms with E-state index in [0.29, 0.717) is 11.6 Å². The van der Waals surface area contributed by atoms with Crippen LogP contribution >= 0.6 is 23.2 Å². The number of dihydropyridines is 1. The van der Waals surface area contributed by atoms with Crippen molar-refractivity contribution in [2.24, 2.45) is 4.99 Å². The molecule has 3 rings (SSSR count). The van der Waals surface area contributed by atoms with E-state index in [4.69, 9.17) is 23.2 Å². The molecule has 2 aromatic rings. The molecule has 176 valence electrons. The van der Waals surface area contributed by atoms with E-state index < -0.39 is 40.9 Å². The predicted molar refractivity (Wildman–Crippen MR) is 120 cm³/mol. The van der Waals surface area contributed by atoms with Gasteiger partial charge in [-0.25, -0.2) is 4.68 Å². The Kier molecular flexibility index (Phi) is 7.18. The summed E-state index contributed by atoms with van der Waals surface area (Å²) in [5.74, 6) is -1.42. The number of hydrogen-bond donors (Lipinski definition) is 2. The van der Waals surface area contributed by atoms with Crippen molar-refractivity contribution in [3.05, 3.63) is 57.9 Å². The summed E-state index contributed by atoms with van der Waals surface area (Å²) in [6.07, 6.45) is -1.44. The van der Waals surface area contributed by atoms with E-state index in [0.717, 1.165) is 4.68 Å². The molecule has 33 heavy (non-hydrogen) atoms. The average Bonchev–Trinajstić information content (AvgIpc) is 3.15. The number of carbonyl (C=O) groups excluding carboxylic acids is 2. The Labute approximate surface area is 197 Å². The Morgan fingerprint density at radius 2 is 1.88 bits per heavy atom. The Balaban J connectivity index is 2.05. The van der Waals surface area contributed by atoms with Crippen LogP contribution < -0.4 is 10.6 Å². The van der Waals surface area contributed by atoms with Crippen molar-refractivity contribution in [2.45, 2.75) is 44.5 Å². The first-order chi connectivity index (χ1) is 15.4. The number of halogens is 5. The Bertz CT molecular complexity index is 1140. The normalized spacial score (nSPS) is 18.0. The average molecular weight is 502 g/mol. The number of aromatic nitrogens is 2. The lowest BCUT2D eigenvalue weighted by Crippen LogP contribution is -2.31.